The van der Waals surface area contributed by atoms with Gasteiger partial charge >= 0.3 is 6.09 Å². The van der Waals surface area contributed by atoms with Crippen LogP contribution in [0, 0.1) is 6.92 Å². The number of hydrogen-bond acceptors (Lipinski definition) is 4. The number of pyridine rings is 1. The Morgan fingerprint density at radius 1 is 1.53 bits per heavy atom. The fraction of sp³-hybridized carbons (Fsp3) is 0.538. The number of rotatable bonds is 3. The second kappa shape index (κ2) is 5.44. The molecule has 0 aliphatic carbocycles. The Hall–Kier alpha value is -1.82. The van der Waals surface area contributed by atoms with E-state index in [1.807, 2.05) is 6.92 Å². The Kier molecular flexibility index (Phi) is 4.36. The van der Waals surface area contributed by atoms with Gasteiger partial charge in [0.25, 0.3) is 0 Å². The van der Waals surface area contributed by atoms with Crippen LogP contribution >= 0.6 is 0 Å². The fourth-order valence-corrected chi connectivity index (χ4v) is 1.91. The van der Waals surface area contributed by atoms with Crippen molar-refractivity contribution < 1.29 is 14.6 Å². The first-order chi connectivity index (χ1) is 8.72. The number of nitrogens with zero attached hydrogens (tertiary/aromatic N) is 2. The lowest BCUT2D eigenvalue weighted by molar-refractivity contribution is 0.195. The highest BCUT2D eigenvalue weighted by Crippen LogP contribution is 2.28. The Bertz CT molecular complexity index is 481. The topological polar surface area (TPSA) is 88.7 Å². The van der Waals surface area contributed by atoms with Crippen LogP contribution in [0.3, 0.4) is 0 Å². The minimum absolute atomic E-state index is 0.297. The number of amides is 1. The van der Waals surface area contributed by atoms with Crippen LogP contribution in [-0.2, 0) is 6.54 Å². The van der Waals surface area contributed by atoms with Crippen LogP contribution in [-0.4, -0.2) is 28.8 Å². The summed E-state index contributed by atoms with van der Waals surface area (Å²) in [6.45, 7) is 7.58. The van der Waals surface area contributed by atoms with Gasteiger partial charge in [-0.15, -0.1) is 0 Å². The molecule has 6 nitrogen and oxygen atoms in total. The number of aromatic nitrogens is 1. The third-order valence-electron chi connectivity index (χ3n) is 2.78. The number of nitrogens with two attached hydrogens (primary N) is 1. The summed E-state index contributed by atoms with van der Waals surface area (Å²) in [4.78, 5) is 16.9. The van der Waals surface area contributed by atoms with Gasteiger partial charge in [-0.1, -0.05) is 0 Å². The molecule has 0 saturated carbocycles. The van der Waals surface area contributed by atoms with Crippen molar-refractivity contribution in [3.8, 4) is 5.88 Å². The summed E-state index contributed by atoms with van der Waals surface area (Å²) >= 11 is 0. The lowest BCUT2D eigenvalue weighted by atomic mass is 10.1. The van der Waals surface area contributed by atoms with Gasteiger partial charge in [0, 0.05) is 17.6 Å². The van der Waals surface area contributed by atoms with Gasteiger partial charge in [0.05, 0.1) is 7.11 Å². The maximum atomic E-state index is 11.4. The Balaban J connectivity index is 3.42. The van der Waals surface area contributed by atoms with E-state index in [2.05, 4.69) is 4.98 Å². The molecule has 0 atom stereocenters. The van der Waals surface area contributed by atoms with E-state index >= 15 is 0 Å². The molecule has 0 unspecified atom stereocenters. The van der Waals surface area contributed by atoms with Crippen molar-refractivity contribution in [1.82, 2.24) is 4.98 Å². The molecule has 6 heteroatoms. The van der Waals surface area contributed by atoms with Crippen LogP contribution in [0.2, 0.25) is 0 Å². The van der Waals surface area contributed by atoms with E-state index < -0.39 is 11.6 Å². The van der Waals surface area contributed by atoms with Crippen LogP contribution in [0.15, 0.2) is 6.07 Å². The van der Waals surface area contributed by atoms with E-state index in [0.717, 1.165) is 11.1 Å². The maximum absolute atomic E-state index is 11.4. The minimum atomic E-state index is -1.05. The Morgan fingerprint density at radius 2 is 2.11 bits per heavy atom. The van der Waals surface area contributed by atoms with Crippen LogP contribution < -0.4 is 15.4 Å². The minimum Gasteiger partial charge on any atom is -0.481 e. The van der Waals surface area contributed by atoms with Crippen LogP contribution in [0.5, 0.6) is 5.88 Å². The Morgan fingerprint density at radius 3 is 2.47 bits per heavy atom. The second-order valence-corrected chi connectivity index (χ2v) is 5.28. The van der Waals surface area contributed by atoms with Gasteiger partial charge < -0.3 is 15.6 Å². The average molecular weight is 267 g/mol. The highest BCUT2D eigenvalue weighted by molar-refractivity contribution is 5.86. The van der Waals surface area contributed by atoms with Crippen molar-refractivity contribution in [2.75, 3.05) is 12.0 Å². The van der Waals surface area contributed by atoms with Crippen molar-refractivity contribution in [1.29, 1.82) is 0 Å². The predicted octanol–water partition coefficient (Wildman–Crippen LogP) is 2.14. The molecular weight excluding hydrogens is 246 g/mol. The fourth-order valence-electron chi connectivity index (χ4n) is 1.91. The first-order valence-electron chi connectivity index (χ1n) is 6.00. The van der Waals surface area contributed by atoms with E-state index in [-0.39, 0.29) is 0 Å². The molecule has 1 amide bonds. The quantitative estimate of drug-likeness (QED) is 0.875. The SMILES string of the molecule is COc1nc(N(C(=O)O)C(C)(C)C)cc(C)c1CN. The van der Waals surface area contributed by atoms with Crippen molar-refractivity contribution >= 4 is 11.9 Å². The predicted molar refractivity (Wildman–Crippen MR) is 73.7 cm³/mol. The summed E-state index contributed by atoms with van der Waals surface area (Å²) in [6, 6.07) is 1.71. The number of carbonyl (C=O) groups is 1. The maximum Gasteiger partial charge on any atom is 0.413 e. The number of hydrogen-bond donors (Lipinski definition) is 2. The van der Waals surface area contributed by atoms with Crippen molar-refractivity contribution in [2.24, 2.45) is 5.73 Å². The van der Waals surface area contributed by atoms with E-state index in [0.29, 0.717) is 18.2 Å². The molecule has 0 spiro atoms. The van der Waals surface area contributed by atoms with Crippen molar-refractivity contribution in [2.45, 2.75) is 39.8 Å². The molecule has 0 aliphatic heterocycles. The van der Waals surface area contributed by atoms with Gasteiger partial charge in [0.1, 0.15) is 5.82 Å². The molecule has 1 rings (SSSR count). The van der Waals surface area contributed by atoms with Crippen LogP contribution in [0.4, 0.5) is 10.6 Å². The molecule has 0 fully saturated rings. The third kappa shape index (κ3) is 3.14. The van der Waals surface area contributed by atoms with Crippen LogP contribution in [0.25, 0.3) is 0 Å². The number of methoxy groups -OCH3 is 1. The normalized spacial score (nSPS) is 11.3. The van der Waals surface area contributed by atoms with Crippen molar-refractivity contribution in [3.05, 3.63) is 17.2 Å². The van der Waals surface area contributed by atoms with E-state index in [1.54, 1.807) is 26.8 Å². The first kappa shape index (κ1) is 15.2. The lowest BCUT2D eigenvalue weighted by Crippen LogP contribution is -2.45. The van der Waals surface area contributed by atoms with Gasteiger partial charge in [-0.3, -0.25) is 4.90 Å². The average Bonchev–Trinajstić information content (AvgIpc) is 2.25. The standard InChI is InChI=1S/C13H21N3O3/c1-8-6-10(15-11(19-5)9(8)7-14)16(12(17)18)13(2,3)4/h6H,7,14H2,1-5H3,(H,17,18). The molecule has 0 aromatic carbocycles. The number of anilines is 1. The summed E-state index contributed by atoms with van der Waals surface area (Å²) in [6.07, 6.45) is -1.05. The smallest absolute Gasteiger partial charge is 0.413 e. The molecule has 0 radical (unpaired) electrons. The summed E-state index contributed by atoms with van der Waals surface area (Å²) < 4.78 is 5.19. The largest absolute Gasteiger partial charge is 0.481 e. The van der Waals surface area contributed by atoms with E-state index in [4.69, 9.17) is 10.5 Å². The molecule has 1 heterocycles. The number of ether oxygens (including phenoxy) is 1. The zero-order valence-electron chi connectivity index (χ0n) is 12.0. The third-order valence-corrected chi connectivity index (χ3v) is 2.78. The van der Waals surface area contributed by atoms with E-state index in [9.17, 15) is 9.90 Å². The highest BCUT2D eigenvalue weighted by Gasteiger charge is 2.30. The zero-order valence-corrected chi connectivity index (χ0v) is 12.0. The monoisotopic (exact) mass is 267 g/mol. The van der Waals surface area contributed by atoms with Crippen LogP contribution in [0.1, 0.15) is 31.9 Å². The molecule has 0 bridgehead atoms. The van der Waals surface area contributed by atoms with Gasteiger partial charge in [-0.05, 0) is 39.3 Å². The molecule has 19 heavy (non-hydrogen) atoms. The summed E-state index contributed by atoms with van der Waals surface area (Å²) in [5.74, 6) is 0.708. The van der Waals surface area contributed by atoms with Gasteiger partial charge in [0.15, 0.2) is 0 Å². The summed E-state index contributed by atoms with van der Waals surface area (Å²) in [7, 11) is 1.49. The lowest BCUT2D eigenvalue weighted by Gasteiger charge is -2.32. The molecular formula is C13H21N3O3. The van der Waals surface area contributed by atoms with Gasteiger partial charge in [0.2, 0.25) is 5.88 Å². The number of carboxylic acid groups (broad SMARTS) is 1. The summed E-state index contributed by atoms with van der Waals surface area (Å²) in [5, 5.41) is 9.36. The van der Waals surface area contributed by atoms with Gasteiger partial charge in [-0.25, -0.2) is 4.79 Å². The molecule has 3 N–H and O–H groups in total. The molecule has 1 aromatic rings. The molecule has 0 aliphatic rings. The molecule has 0 saturated heterocycles. The first-order valence-corrected chi connectivity index (χ1v) is 6.00. The molecule has 1 aromatic heterocycles. The highest BCUT2D eigenvalue weighted by atomic mass is 16.5. The zero-order chi connectivity index (χ0) is 14.8. The second-order valence-electron chi connectivity index (χ2n) is 5.28. The van der Waals surface area contributed by atoms with Crippen molar-refractivity contribution in [3.63, 3.8) is 0 Å². The summed E-state index contributed by atoms with van der Waals surface area (Å²) in [5.41, 5.74) is 6.70. The Labute approximate surface area is 113 Å². The van der Waals surface area contributed by atoms with Gasteiger partial charge in [-0.2, -0.15) is 4.98 Å². The molecule has 106 valence electrons. The van der Waals surface area contributed by atoms with E-state index in [1.165, 1.54) is 12.0 Å². The number of aryl methyl sites for hydroxylation is 1.